The standard InChI is InChI=1S/C14H15FN2O5/c1-8-5-4-6-9(15)12(8)16-17-13(14(20)22-3)10(18)7-11(19)21-2/h4-6,16H,7H2,1-3H3/b17-13+. The molecule has 0 aromatic heterocycles. The lowest BCUT2D eigenvalue weighted by atomic mass is 10.2. The Morgan fingerprint density at radius 1 is 1.23 bits per heavy atom. The quantitative estimate of drug-likeness (QED) is 0.367. The molecule has 0 fully saturated rings. The van der Waals surface area contributed by atoms with Gasteiger partial charge >= 0.3 is 11.9 Å². The van der Waals surface area contributed by atoms with E-state index < -0.39 is 35.7 Å². The number of anilines is 1. The lowest BCUT2D eigenvalue weighted by molar-refractivity contribution is -0.142. The summed E-state index contributed by atoms with van der Waals surface area (Å²) in [5, 5.41) is 3.57. The van der Waals surface area contributed by atoms with Gasteiger partial charge in [-0.3, -0.25) is 15.0 Å². The number of carbonyl (C=O) groups excluding carboxylic acids is 3. The number of para-hydroxylation sites is 1. The molecule has 1 aromatic carbocycles. The van der Waals surface area contributed by atoms with Gasteiger partial charge in [-0.15, -0.1) is 0 Å². The van der Waals surface area contributed by atoms with Crippen LogP contribution in [0, 0.1) is 12.7 Å². The normalized spacial score (nSPS) is 10.8. The minimum atomic E-state index is -1.05. The number of nitrogens with zero attached hydrogens (tertiary/aromatic N) is 1. The maximum Gasteiger partial charge on any atom is 0.362 e. The lowest BCUT2D eigenvalue weighted by Crippen LogP contribution is -2.28. The number of hydrogen-bond acceptors (Lipinski definition) is 7. The van der Waals surface area contributed by atoms with E-state index in [1.807, 2.05) is 0 Å². The third-order valence-corrected chi connectivity index (χ3v) is 2.68. The summed E-state index contributed by atoms with van der Waals surface area (Å²) in [7, 11) is 2.16. The molecule has 0 radical (unpaired) electrons. The number of hydrazone groups is 1. The fourth-order valence-corrected chi connectivity index (χ4v) is 1.49. The van der Waals surface area contributed by atoms with Gasteiger partial charge in [0.25, 0.3) is 0 Å². The molecule has 0 amide bonds. The average molecular weight is 310 g/mol. The number of carbonyl (C=O) groups is 3. The molecule has 0 aliphatic carbocycles. The van der Waals surface area contributed by atoms with Crippen LogP contribution in [-0.2, 0) is 23.9 Å². The van der Waals surface area contributed by atoms with Gasteiger partial charge in [0.1, 0.15) is 12.2 Å². The summed E-state index contributed by atoms with van der Waals surface area (Å²) >= 11 is 0. The number of aryl methyl sites for hydroxylation is 1. The molecule has 0 spiro atoms. The van der Waals surface area contributed by atoms with E-state index in [9.17, 15) is 18.8 Å². The molecule has 1 N–H and O–H groups in total. The van der Waals surface area contributed by atoms with E-state index >= 15 is 0 Å². The number of ether oxygens (including phenoxy) is 2. The molecule has 22 heavy (non-hydrogen) atoms. The van der Waals surface area contributed by atoms with Crippen LogP contribution in [0.1, 0.15) is 12.0 Å². The number of methoxy groups -OCH3 is 2. The highest BCUT2D eigenvalue weighted by Crippen LogP contribution is 2.18. The highest BCUT2D eigenvalue weighted by atomic mass is 19.1. The first-order valence-electron chi connectivity index (χ1n) is 6.17. The van der Waals surface area contributed by atoms with Crippen molar-refractivity contribution in [1.82, 2.24) is 0 Å². The van der Waals surface area contributed by atoms with E-state index in [-0.39, 0.29) is 5.69 Å². The Balaban J connectivity index is 3.04. The molecule has 0 heterocycles. The zero-order valence-corrected chi connectivity index (χ0v) is 12.3. The van der Waals surface area contributed by atoms with E-state index in [0.29, 0.717) is 5.56 Å². The van der Waals surface area contributed by atoms with Crippen molar-refractivity contribution in [3.05, 3.63) is 29.6 Å². The van der Waals surface area contributed by atoms with Crippen LogP contribution in [0.25, 0.3) is 0 Å². The molecule has 0 bridgehead atoms. The number of esters is 2. The fraction of sp³-hybridized carbons (Fsp3) is 0.286. The molecule has 0 saturated heterocycles. The fourth-order valence-electron chi connectivity index (χ4n) is 1.49. The van der Waals surface area contributed by atoms with Crippen LogP contribution in [-0.4, -0.2) is 37.7 Å². The van der Waals surface area contributed by atoms with Crippen molar-refractivity contribution in [2.45, 2.75) is 13.3 Å². The van der Waals surface area contributed by atoms with Gasteiger partial charge in [-0.2, -0.15) is 5.10 Å². The van der Waals surface area contributed by atoms with Gasteiger partial charge in [-0.25, -0.2) is 9.18 Å². The Kier molecular flexibility index (Phi) is 6.18. The van der Waals surface area contributed by atoms with Crippen molar-refractivity contribution in [2.24, 2.45) is 5.10 Å². The van der Waals surface area contributed by atoms with Crippen molar-refractivity contribution in [2.75, 3.05) is 19.6 Å². The number of nitrogens with one attached hydrogen (secondary N) is 1. The van der Waals surface area contributed by atoms with Gasteiger partial charge in [0.15, 0.2) is 0 Å². The van der Waals surface area contributed by atoms with Gasteiger partial charge in [-0.05, 0) is 18.6 Å². The van der Waals surface area contributed by atoms with E-state index in [4.69, 9.17) is 0 Å². The number of rotatable bonds is 6. The smallest absolute Gasteiger partial charge is 0.362 e. The molecule has 0 atom stereocenters. The molecule has 7 nitrogen and oxygen atoms in total. The Morgan fingerprint density at radius 3 is 2.45 bits per heavy atom. The van der Waals surface area contributed by atoms with Crippen molar-refractivity contribution < 1.29 is 28.2 Å². The van der Waals surface area contributed by atoms with Crippen LogP contribution >= 0.6 is 0 Å². The van der Waals surface area contributed by atoms with Gasteiger partial charge in [-0.1, -0.05) is 12.1 Å². The third kappa shape index (κ3) is 4.37. The Morgan fingerprint density at radius 2 is 1.91 bits per heavy atom. The lowest BCUT2D eigenvalue weighted by Gasteiger charge is -2.08. The third-order valence-electron chi connectivity index (χ3n) is 2.68. The number of halogens is 1. The van der Waals surface area contributed by atoms with Crippen LogP contribution in [0.5, 0.6) is 0 Å². The monoisotopic (exact) mass is 310 g/mol. The summed E-state index contributed by atoms with van der Waals surface area (Å²) < 4.78 is 22.4. The van der Waals surface area contributed by atoms with Crippen molar-refractivity contribution in [3.63, 3.8) is 0 Å². The largest absolute Gasteiger partial charge is 0.469 e. The summed E-state index contributed by atoms with van der Waals surface area (Å²) in [4.78, 5) is 34.5. The van der Waals surface area contributed by atoms with Gasteiger partial charge in [0, 0.05) is 0 Å². The predicted octanol–water partition coefficient (Wildman–Crippen LogP) is 1.21. The molecule has 0 aliphatic rings. The minimum Gasteiger partial charge on any atom is -0.469 e. The van der Waals surface area contributed by atoms with Crippen LogP contribution < -0.4 is 5.43 Å². The molecule has 0 aliphatic heterocycles. The van der Waals surface area contributed by atoms with Crippen LogP contribution in [0.4, 0.5) is 10.1 Å². The molecule has 1 rings (SSSR count). The second kappa shape index (κ2) is 7.87. The van der Waals surface area contributed by atoms with Crippen molar-refractivity contribution >= 4 is 29.1 Å². The summed E-state index contributed by atoms with van der Waals surface area (Å²) in [6.07, 6.45) is -0.678. The van der Waals surface area contributed by atoms with E-state index in [1.54, 1.807) is 13.0 Å². The maximum atomic E-state index is 13.6. The van der Waals surface area contributed by atoms with E-state index in [2.05, 4.69) is 20.0 Å². The molecule has 0 saturated carbocycles. The highest BCUT2D eigenvalue weighted by Gasteiger charge is 2.24. The molecule has 1 aromatic rings. The molecule has 118 valence electrons. The first kappa shape index (κ1) is 17.3. The minimum absolute atomic E-state index is 0.00905. The first-order valence-corrected chi connectivity index (χ1v) is 6.17. The SMILES string of the molecule is COC(=O)CC(=O)/C(=N\Nc1c(C)cccc1F)C(=O)OC. The number of ketones is 1. The summed E-state index contributed by atoms with van der Waals surface area (Å²) in [6, 6.07) is 4.32. The average Bonchev–Trinajstić information content (AvgIpc) is 2.49. The van der Waals surface area contributed by atoms with E-state index in [1.165, 1.54) is 12.1 Å². The van der Waals surface area contributed by atoms with Gasteiger partial charge < -0.3 is 9.47 Å². The second-order valence-electron chi connectivity index (χ2n) is 4.17. The predicted molar refractivity (Wildman–Crippen MR) is 75.9 cm³/mol. The summed E-state index contributed by atoms with van der Waals surface area (Å²) in [5.74, 6) is -3.38. The zero-order chi connectivity index (χ0) is 16.7. The zero-order valence-electron chi connectivity index (χ0n) is 12.3. The van der Waals surface area contributed by atoms with Gasteiger partial charge in [0.05, 0.1) is 19.9 Å². The van der Waals surface area contributed by atoms with Crippen molar-refractivity contribution in [3.8, 4) is 0 Å². The van der Waals surface area contributed by atoms with Gasteiger partial charge in [0.2, 0.25) is 11.5 Å². The Labute approximate surface area is 126 Å². The molecule has 8 heteroatoms. The molecule has 0 unspecified atom stereocenters. The van der Waals surface area contributed by atoms with Crippen LogP contribution in [0.3, 0.4) is 0 Å². The topological polar surface area (TPSA) is 94.1 Å². The van der Waals surface area contributed by atoms with Crippen molar-refractivity contribution in [1.29, 1.82) is 0 Å². The second-order valence-corrected chi connectivity index (χ2v) is 4.17. The first-order chi connectivity index (χ1) is 10.4. The Hall–Kier alpha value is -2.77. The maximum absolute atomic E-state index is 13.6. The molecular formula is C14H15FN2O5. The van der Waals surface area contributed by atoms with E-state index in [0.717, 1.165) is 14.2 Å². The number of Topliss-reactive ketones (excluding diaryl/α,β-unsaturated/α-hetero) is 1. The Bertz CT molecular complexity index is 607. The number of hydrogen-bond donors (Lipinski definition) is 1. The highest BCUT2D eigenvalue weighted by molar-refractivity contribution is 6.65. The summed E-state index contributed by atoms with van der Waals surface area (Å²) in [5.41, 5.74) is 2.18. The number of benzene rings is 1. The molecular weight excluding hydrogens is 295 g/mol. The van der Waals surface area contributed by atoms with Crippen LogP contribution in [0.15, 0.2) is 23.3 Å². The summed E-state index contributed by atoms with van der Waals surface area (Å²) in [6.45, 7) is 1.62. The van der Waals surface area contributed by atoms with Crippen LogP contribution in [0.2, 0.25) is 0 Å².